The highest BCUT2D eigenvalue weighted by molar-refractivity contribution is 5.75. The number of hydrogen-bond donors (Lipinski definition) is 2. The molecule has 1 aromatic rings. The molecule has 0 unspecified atom stereocenters. The fourth-order valence-electron chi connectivity index (χ4n) is 0.919. The van der Waals surface area contributed by atoms with E-state index in [2.05, 4.69) is 5.32 Å². The van der Waals surface area contributed by atoms with Gasteiger partial charge in [-0.2, -0.15) is 0 Å². The summed E-state index contributed by atoms with van der Waals surface area (Å²) in [4.78, 5) is 21.5. The third-order valence-corrected chi connectivity index (χ3v) is 1.59. The summed E-state index contributed by atoms with van der Waals surface area (Å²) < 4.78 is 4.89. The molecule has 0 aliphatic rings. The summed E-state index contributed by atoms with van der Waals surface area (Å²) >= 11 is 0. The average Bonchev–Trinajstić information content (AvgIpc) is 2.18. The molecule has 0 saturated carbocycles. The Morgan fingerprint density at radius 2 is 1.93 bits per heavy atom. The predicted octanol–water partition coefficient (Wildman–Crippen LogP) is 0.650. The Labute approximate surface area is 87.2 Å². The number of nitrogens with two attached hydrogens (primary N) is 1. The van der Waals surface area contributed by atoms with Crippen molar-refractivity contribution in [2.75, 3.05) is 6.54 Å². The number of carbonyl (C=O) groups is 2. The molecular formula is C10H12N2O3. The third-order valence-electron chi connectivity index (χ3n) is 1.59. The minimum Gasteiger partial charge on any atom is -0.410 e. The van der Waals surface area contributed by atoms with Crippen LogP contribution in [0.1, 0.15) is 6.42 Å². The van der Waals surface area contributed by atoms with Crippen molar-refractivity contribution in [2.24, 2.45) is 5.73 Å². The van der Waals surface area contributed by atoms with E-state index < -0.39 is 12.0 Å². The topological polar surface area (TPSA) is 81.4 Å². The first-order valence-corrected chi connectivity index (χ1v) is 4.47. The summed E-state index contributed by atoms with van der Waals surface area (Å²) in [5.41, 5.74) is 4.90. The van der Waals surface area contributed by atoms with Gasteiger partial charge in [0.1, 0.15) is 5.75 Å². The summed E-state index contributed by atoms with van der Waals surface area (Å²) in [5, 5.41) is 2.40. The second kappa shape index (κ2) is 5.64. The number of rotatable bonds is 4. The summed E-state index contributed by atoms with van der Waals surface area (Å²) in [7, 11) is 0. The lowest BCUT2D eigenvalue weighted by Crippen LogP contribution is -2.30. The van der Waals surface area contributed by atoms with Crippen LogP contribution in [-0.2, 0) is 4.79 Å². The Bertz CT molecular complexity index is 338. The fraction of sp³-hybridized carbons (Fsp3) is 0.200. The van der Waals surface area contributed by atoms with Crippen molar-refractivity contribution in [1.29, 1.82) is 0 Å². The molecule has 1 rings (SSSR count). The highest BCUT2D eigenvalue weighted by Crippen LogP contribution is 2.07. The molecule has 5 heteroatoms. The maximum absolute atomic E-state index is 11.1. The zero-order chi connectivity index (χ0) is 11.1. The zero-order valence-electron chi connectivity index (χ0n) is 8.10. The molecule has 0 heterocycles. The van der Waals surface area contributed by atoms with E-state index >= 15 is 0 Å². The molecule has 0 aliphatic carbocycles. The summed E-state index contributed by atoms with van der Waals surface area (Å²) in [5.74, 6) is -0.0101. The number of benzene rings is 1. The number of ether oxygens (including phenoxy) is 1. The summed E-state index contributed by atoms with van der Waals surface area (Å²) in [6, 6.07) is 8.65. The Hall–Kier alpha value is -2.04. The van der Waals surface area contributed by atoms with Crippen LogP contribution in [0.2, 0.25) is 0 Å². The van der Waals surface area contributed by atoms with Crippen LogP contribution in [0, 0.1) is 0 Å². The second-order valence-electron chi connectivity index (χ2n) is 2.85. The fourth-order valence-corrected chi connectivity index (χ4v) is 0.919. The van der Waals surface area contributed by atoms with Gasteiger partial charge in [0, 0.05) is 13.0 Å². The van der Waals surface area contributed by atoms with Crippen molar-refractivity contribution in [3.05, 3.63) is 30.3 Å². The van der Waals surface area contributed by atoms with Gasteiger partial charge in [0.15, 0.2) is 0 Å². The van der Waals surface area contributed by atoms with E-state index in [9.17, 15) is 9.59 Å². The number of nitrogens with one attached hydrogen (secondary N) is 1. The molecule has 0 bridgehead atoms. The van der Waals surface area contributed by atoms with Crippen molar-refractivity contribution in [2.45, 2.75) is 6.42 Å². The number of carbonyl (C=O) groups excluding carboxylic acids is 2. The molecule has 0 saturated heterocycles. The average molecular weight is 208 g/mol. The Morgan fingerprint density at radius 1 is 1.27 bits per heavy atom. The highest BCUT2D eigenvalue weighted by atomic mass is 16.5. The van der Waals surface area contributed by atoms with Crippen LogP contribution in [0.4, 0.5) is 4.79 Å². The van der Waals surface area contributed by atoms with Gasteiger partial charge in [0.2, 0.25) is 5.91 Å². The molecular weight excluding hydrogens is 196 g/mol. The van der Waals surface area contributed by atoms with Crippen LogP contribution in [0.3, 0.4) is 0 Å². The van der Waals surface area contributed by atoms with E-state index in [0.717, 1.165) is 0 Å². The van der Waals surface area contributed by atoms with Crippen molar-refractivity contribution < 1.29 is 14.3 Å². The maximum Gasteiger partial charge on any atom is 0.412 e. The van der Waals surface area contributed by atoms with Gasteiger partial charge in [-0.1, -0.05) is 18.2 Å². The van der Waals surface area contributed by atoms with Crippen LogP contribution in [0.5, 0.6) is 5.75 Å². The lowest BCUT2D eigenvalue weighted by atomic mass is 10.3. The molecule has 3 N–H and O–H groups in total. The Balaban J connectivity index is 2.28. The maximum atomic E-state index is 11.1. The van der Waals surface area contributed by atoms with E-state index in [1.54, 1.807) is 24.3 Å². The van der Waals surface area contributed by atoms with Gasteiger partial charge in [0.25, 0.3) is 0 Å². The molecule has 0 aromatic heterocycles. The number of hydrogen-bond acceptors (Lipinski definition) is 3. The van der Waals surface area contributed by atoms with Crippen LogP contribution in [0.25, 0.3) is 0 Å². The highest BCUT2D eigenvalue weighted by Gasteiger charge is 2.03. The normalized spacial score (nSPS) is 9.33. The van der Waals surface area contributed by atoms with E-state index in [-0.39, 0.29) is 13.0 Å². The second-order valence-corrected chi connectivity index (χ2v) is 2.85. The lowest BCUT2D eigenvalue weighted by molar-refractivity contribution is -0.117. The van der Waals surface area contributed by atoms with Crippen molar-refractivity contribution in [1.82, 2.24) is 5.32 Å². The smallest absolute Gasteiger partial charge is 0.410 e. The molecule has 15 heavy (non-hydrogen) atoms. The monoisotopic (exact) mass is 208 g/mol. The SMILES string of the molecule is NC(=O)CCNC(=O)Oc1ccccc1. The number of para-hydroxylation sites is 1. The minimum absolute atomic E-state index is 0.101. The lowest BCUT2D eigenvalue weighted by Gasteiger charge is -2.04. The molecule has 0 spiro atoms. The molecule has 0 aliphatic heterocycles. The largest absolute Gasteiger partial charge is 0.412 e. The summed E-state index contributed by atoms with van der Waals surface area (Å²) in [6.07, 6.45) is -0.494. The van der Waals surface area contributed by atoms with Crippen molar-refractivity contribution in [3.8, 4) is 5.75 Å². The number of amides is 2. The molecule has 0 radical (unpaired) electrons. The first-order valence-electron chi connectivity index (χ1n) is 4.47. The van der Waals surface area contributed by atoms with E-state index in [0.29, 0.717) is 5.75 Å². The van der Waals surface area contributed by atoms with Gasteiger partial charge in [-0.3, -0.25) is 4.79 Å². The van der Waals surface area contributed by atoms with E-state index in [1.807, 2.05) is 6.07 Å². The van der Waals surface area contributed by atoms with Crippen molar-refractivity contribution >= 4 is 12.0 Å². The van der Waals surface area contributed by atoms with Crippen LogP contribution in [-0.4, -0.2) is 18.5 Å². The Morgan fingerprint density at radius 3 is 2.53 bits per heavy atom. The Kier molecular flexibility index (Phi) is 4.15. The molecule has 5 nitrogen and oxygen atoms in total. The first kappa shape index (κ1) is 11.0. The summed E-state index contributed by atoms with van der Waals surface area (Å²) in [6.45, 7) is 0.182. The van der Waals surface area contributed by atoms with Gasteiger partial charge in [-0.15, -0.1) is 0 Å². The molecule has 0 atom stereocenters. The quantitative estimate of drug-likeness (QED) is 0.762. The van der Waals surface area contributed by atoms with Gasteiger partial charge in [0.05, 0.1) is 0 Å². The minimum atomic E-state index is -0.595. The van der Waals surface area contributed by atoms with E-state index in [1.165, 1.54) is 0 Å². The molecule has 0 fully saturated rings. The predicted molar refractivity (Wildman–Crippen MR) is 54.3 cm³/mol. The van der Waals surface area contributed by atoms with Crippen LogP contribution < -0.4 is 15.8 Å². The first-order chi connectivity index (χ1) is 7.18. The molecule has 2 amide bonds. The standard InChI is InChI=1S/C10H12N2O3/c11-9(13)6-7-12-10(14)15-8-4-2-1-3-5-8/h1-5H,6-7H2,(H2,11,13)(H,12,14). The number of primary amides is 1. The van der Waals surface area contributed by atoms with Gasteiger partial charge in [-0.05, 0) is 12.1 Å². The van der Waals surface area contributed by atoms with Gasteiger partial charge >= 0.3 is 6.09 Å². The van der Waals surface area contributed by atoms with E-state index in [4.69, 9.17) is 10.5 Å². The van der Waals surface area contributed by atoms with Gasteiger partial charge < -0.3 is 15.8 Å². The van der Waals surface area contributed by atoms with Crippen molar-refractivity contribution in [3.63, 3.8) is 0 Å². The van der Waals surface area contributed by atoms with Crippen LogP contribution in [0.15, 0.2) is 30.3 Å². The third kappa shape index (κ3) is 4.66. The molecule has 1 aromatic carbocycles. The molecule has 80 valence electrons. The van der Waals surface area contributed by atoms with Gasteiger partial charge in [-0.25, -0.2) is 4.79 Å². The van der Waals surface area contributed by atoms with Crippen LogP contribution >= 0.6 is 0 Å². The zero-order valence-corrected chi connectivity index (χ0v) is 8.10.